The standard InChI is InChI=1S/C33H33N3O8S2/c1-3-43-21-12-16(6-9-20(21)44-14-22(37)34-17-7-4-15(2)5-8-17)24-25-18-13-19(28(25)45-30-29(24)46-33(42)35-30)27-26(18)31(40)36(32(27)41)11-10-23(38)39/h4-9,12,18-19,24-28H,3,10-11,13-14H2,1-2H3,(H,34,37)(H,35,42)(H,38,39)/t18?,19?,24-,25?,26?,27?,28?/m1/s1. The first kappa shape index (κ1) is 30.5. The van der Waals surface area contributed by atoms with E-state index in [1.807, 2.05) is 50.2 Å². The van der Waals surface area contributed by atoms with Crippen LogP contribution in [0.2, 0.25) is 0 Å². The molecule has 1 aromatic heterocycles. The van der Waals surface area contributed by atoms with E-state index in [0.717, 1.165) is 43.7 Å². The van der Waals surface area contributed by atoms with Crippen LogP contribution in [0.15, 0.2) is 52.3 Å². The molecule has 46 heavy (non-hydrogen) atoms. The van der Waals surface area contributed by atoms with Gasteiger partial charge in [0.05, 0.1) is 29.9 Å². The number of hydrogen-bond donors (Lipinski definition) is 3. The Kier molecular flexibility index (Phi) is 7.92. The summed E-state index contributed by atoms with van der Waals surface area (Å²) < 4.78 is 11.9. The third-order valence-electron chi connectivity index (χ3n) is 9.69. The zero-order valence-corrected chi connectivity index (χ0v) is 26.8. The number of thiazole rings is 1. The number of aryl methyl sites for hydroxylation is 1. The molecule has 2 saturated carbocycles. The maximum absolute atomic E-state index is 13.6. The molecule has 240 valence electrons. The normalized spacial score (nSPS) is 27.3. The fraction of sp³-hybridized carbons (Fsp3) is 0.424. The molecule has 3 aromatic rings. The Balaban J connectivity index is 1.17. The van der Waals surface area contributed by atoms with Gasteiger partial charge in [0.1, 0.15) is 0 Å². The third kappa shape index (κ3) is 5.19. The van der Waals surface area contributed by atoms with Crippen molar-refractivity contribution in [2.45, 2.75) is 42.9 Å². The van der Waals surface area contributed by atoms with E-state index in [0.29, 0.717) is 23.8 Å². The van der Waals surface area contributed by atoms with E-state index in [1.165, 1.54) is 0 Å². The number of H-pyrrole nitrogens is 1. The number of likely N-dealkylation sites (tertiary alicyclic amines) is 1. The lowest BCUT2D eigenvalue weighted by Crippen LogP contribution is -2.42. The number of thioether (sulfide) groups is 1. The Hall–Kier alpha value is -4.10. The molecule has 3 amide bonds. The van der Waals surface area contributed by atoms with Crippen LogP contribution >= 0.6 is 23.1 Å². The van der Waals surface area contributed by atoms with E-state index in [-0.39, 0.29) is 71.1 Å². The van der Waals surface area contributed by atoms with Crippen LogP contribution in [0.1, 0.15) is 41.7 Å². The monoisotopic (exact) mass is 663 g/mol. The second-order valence-electron chi connectivity index (χ2n) is 12.3. The number of hydrogen-bond acceptors (Lipinski definition) is 9. The van der Waals surface area contributed by atoms with Crippen molar-refractivity contribution in [3.63, 3.8) is 0 Å². The first-order valence-electron chi connectivity index (χ1n) is 15.4. The first-order valence-corrected chi connectivity index (χ1v) is 17.1. The molecule has 0 spiro atoms. The average molecular weight is 664 g/mol. The van der Waals surface area contributed by atoms with Crippen LogP contribution in [-0.2, 0) is 19.2 Å². The van der Waals surface area contributed by atoms with E-state index in [2.05, 4.69) is 10.3 Å². The number of anilines is 1. The molecule has 7 rings (SSSR count). The van der Waals surface area contributed by atoms with Gasteiger partial charge in [-0.2, -0.15) is 0 Å². The number of nitrogens with zero attached hydrogens (tertiary/aromatic N) is 1. The summed E-state index contributed by atoms with van der Waals surface area (Å²) in [7, 11) is 0. The van der Waals surface area contributed by atoms with Crippen LogP contribution in [0.5, 0.6) is 11.5 Å². The van der Waals surface area contributed by atoms with Crippen LogP contribution in [0.4, 0.5) is 5.69 Å². The van der Waals surface area contributed by atoms with Crippen LogP contribution in [0.3, 0.4) is 0 Å². The zero-order valence-electron chi connectivity index (χ0n) is 25.2. The van der Waals surface area contributed by atoms with Gasteiger partial charge in [-0.05, 0) is 67.9 Å². The molecule has 3 heterocycles. The molecular weight excluding hydrogens is 631 g/mol. The lowest BCUT2D eigenvalue weighted by atomic mass is 9.68. The number of ether oxygens (including phenoxy) is 2. The lowest BCUT2D eigenvalue weighted by molar-refractivity contribution is -0.142. The Labute approximate surface area is 272 Å². The van der Waals surface area contributed by atoms with Gasteiger partial charge in [0.25, 0.3) is 5.91 Å². The van der Waals surface area contributed by atoms with Gasteiger partial charge in [-0.3, -0.25) is 28.9 Å². The number of carboxylic acid groups (broad SMARTS) is 1. The number of aromatic amines is 1. The van der Waals surface area contributed by atoms with E-state index < -0.39 is 17.8 Å². The molecule has 3 fully saturated rings. The number of carbonyl (C=O) groups excluding carboxylic acids is 3. The van der Waals surface area contributed by atoms with Crippen molar-refractivity contribution < 1.29 is 33.8 Å². The number of carboxylic acids is 1. The number of amides is 3. The summed E-state index contributed by atoms with van der Waals surface area (Å²) in [5, 5.41) is 12.8. The number of aliphatic carboxylic acids is 1. The van der Waals surface area contributed by atoms with E-state index in [1.54, 1.807) is 17.8 Å². The Bertz CT molecular complexity index is 1790. The number of nitrogens with one attached hydrogen (secondary N) is 2. The molecule has 3 N–H and O–H groups in total. The number of aromatic nitrogens is 1. The molecule has 7 atom stereocenters. The van der Waals surface area contributed by atoms with Crippen LogP contribution in [0.25, 0.3) is 0 Å². The molecule has 1 saturated heterocycles. The lowest BCUT2D eigenvalue weighted by Gasteiger charge is -2.43. The highest BCUT2D eigenvalue weighted by atomic mass is 32.2. The molecule has 2 aliphatic heterocycles. The van der Waals surface area contributed by atoms with Gasteiger partial charge in [0.2, 0.25) is 11.8 Å². The molecule has 2 bridgehead atoms. The largest absolute Gasteiger partial charge is 0.490 e. The smallest absolute Gasteiger partial charge is 0.305 e. The van der Waals surface area contributed by atoms with Crippen molar-refractivity contribution in [1.29, 1.82) is 0 Å². The molecule has 4 aliphatic rings. The summed E-state index contributed by atoms with van der Waals surface area (Å²) in [5.41, 5.74) is 2.66. The van der Waals surface area contributed by atoms with E-state index in [4.69, 9.17) is 9.47 Å². The summed E-state index contributed by atoms with van der Waals surface area (Å²) in [6, 6.07) is 13.1. The highest BCUT2D eigenvalue weighted by Crippen LogP contribution is 2.68. The second kappa shape index (κ2) is 11.9. The summed E-state index contributed by atoms with van der Waals surface area (Å²) in [5.74, 6) is -2.38. The topological polar surface area (TPSA) is 155 Å². The van der Waals surface area contributed by atoms with E-state index >= 15 is 0 Å². The maximum atomic E-state index is 13.6. The average Bonchev–Trinajstić information content (AvgIpc) is 3.75. The van der Waals surface area contributed by atoms with Crippen molar-refractivity contribution in [3.8, 4) is 11.5 Å². The fourth-order valence-corrected chi connectivity index (χ4v) is 10.9. The van der Waals surface area contributed by atoms with Gasteiger partial charge in [-0.25, -0.2) is 0 Å². The first-order chi connectivity index (χ1) is 22.1. The summed E-state index contributed by atoms with van der Waals surface area (Å²) in [6.07, 6.45) is 0.449. The minimum Gasteiger partial charge on any atom is -0.490 e. The minimum atomic E-state index is -1.05. The van der Waals surface area contributed by atoms with Crippen molar-refractivity contribution in [2.75, 3.05) is 25.1 Å². The Morgan fingerprint density at radius 1 is 1.02 bits per heavy atom. The number of carbonyl (C=O) groups is 4. The van der Waals surface area contributed by atoms with Gasteiger partial charge < -0.3 is 24.9 Å². The van der Waals surface area contributed by atoms with Gasteiger partial charge >= 0.3 is 10.8 Å². The molecule has 2 aliphatic carbocycles. The minimum absolute atomic E-state index is 0.00196. The van der Waals surface area contributed by atoms with Gasteiger partial charge in [0.15, 0.2) is 18.1 Å². The SMILES string of the molecule is CCOc1cc([C@H]2c3sc(=O)[nH]c3SC3C4CC(C5C(=O)N(CCC(=O)O)C(=O)C45)C32)ccc1OCC(=O)Nc1ccc(C)cc1. The summed E-state index contributed by atoms with van der Waals surface area (Å²) in [6.45, 7) is 3.86. The summed E-state index contributed by atoms with van der Waals surface area (Å²) in [4.78, 5) is 68.4. The zero-order chi connectivity index (χ0) is 32.3. The highest BCUT2D eigenvalue weighted by molar-refractivity contribution is 8.00. The number of benzene rings is 2. The van der Waals surface area contributed by atoms with Crippen molar-refractivity contribution in [3.05, 3.63) is 68.1 Å². The third-order valence-corrected chi connectivity index (χ3v) is 12.3. The van der Waals surface area contributed by atoms with Crippen LogP contribution in [0, 0.1) is 36.5 Å². The Morgan fingerprint density at radius 3 is 2.48 bits per heavy atom. The van der Waals surface area contributed by atoms with Crippen LogP contribution < -0.4 is 19.7 Å². The van der Waals surface area contributed by atoms with Crippen LogP contribution in [-0.4, -0.2) is 63.7 Å². The van der Waals surface area contributed by atoms with Crippen molar-refractivity contribution in [2.24, 2.45) is 29.6 Å². The van der Waals surface area contributed by atoms with Crippen molar-refractivity contribution >= 4 is 52.5 Å². The van der Waals surface area contributed by atoms with Gasteiger partial charge in [-0.1, -0.05) is 35.1 Å². The predicted molar refractivity (Wildman–Crippen MR) is 170 cm³/mol. The predicted octanol–water partition coefficient (Wildman–Crippen LogP) is 4.11. The molecule has 0 radical (unpaired) electrons. The molecule has 2 aromatic carbocycles. The molecule has 6 unspecified atom stereocenters. The highest BCUT2D eigenvalue weighted by Gasteiger charge is 2.69. The van der Waals surface area contributed by atoms with Crippen molar-refractivity contribution in [1.82, 2.24) is 9.88 Å². The molecule has 11 nitrogen and oxygen atoms in total. The second-order valence-corrected chi connectivity index (χ2v) is 14.5. The Morgan fingerprint density at radius 2 is 1.76 bits per heavy atom. The fourth-order valence-electron chi connectivity index (χ4n) is 7.96. The van der Waals surface area contributed by atoms with E-state index in [9.17, 15) is 29.1 Å². The summed E-state index contributed by atoms with van der Waals surface area (Å²) >= 11 is 2.75. The molecule has 13 heteroatoms. The maximum Gasteiger partial charge on any atom is 0.305 e. The quantitative estimate of drug-likeness (QED) is 0.272. The number of rotatable bonds is 10. The van der Waals surface area contributed by atoms with Gasteiger partial charge in [-0.15, -0.1) is 11.8 Å². The number of imide groups is 1. The number of fused-ring (bicyclic) bond motifs is 9. The van der Waals surface area contributed by atoms with Gasteiger partial charge in [0, 0.05) is 28.3 Å². The molecular formula is C33H33N3O8S2.